The summed E-state index contributed by atoms with van der Waals surface area (Å²) in [6, 6.07) is 12.2. The number of carbonyl (C=O) groups excluding carboxylic acids is 1. The minimum Gasteiger partial charge on any atom is -0.465 e. The maximum atomic E-state index is 12.6. The SMILES string of the molecule is Cc1cc(C(=O)Nc2cccc(-c3cccc(NC(=O)O)c3C)c2Cl)ncc1Br. The van der Waals surface area contributed by atoms with Crippen LogP contribution in [0.15, 0.2) is 53.1 Å². The van der Waals surface area contributed by atoms with Gasteiger partial charge in [-0.2, -0.15) is 0 Å². The Bertz CT molecular complexity index is 1120. The van der Waals surface area contributed by atoms with E-state index in [-0.39, 0.29) is 11.6 Å². The van der Waals surface area contributed by atoms with Gasteiger partial charge >= 0.3 is 6.09 Å². The molecule has 0 radical (unpaired) electrons. The van der Waals surface area contributed by atoms with E-state index in [9.17, 15) is 9.59 Å². The second-order valence-electron chi connectivity index (χ2n) is 6.35. The van der Waals surface area contributed by atoms with Crippen molar-refractivity contribution in [3.05, 3.63) is 75.0 Å². The van der Waals surface area contributed by atoms with Crippen molar-refractivity contribution in [3.63, 3.8) is 0 Å². The minimum atomic E-state index is -1.14. The van der Waals surface area contributed by atoms with E-state index in [1.165, 1.54) is 0 Å². The molecule has 148 valence electrons. The number of benzene rings is 2. The van der Waals surface area contributed by atoms with Crippen molar-refractivity contribution in [2.24, 2.45) is 0 Å². The first kappa shape index (κ1) is 20.8. The van der Waals surface area contributed by atoms with Gasteiger partial charge in [0.25, 0.3) is 5.91 Å². The Morgan fingerprint density at radius 2 is 1.69 bits per heavy atom. The Balaban J connectivity index is 1.95. The van der Waals surface area contributed by atoms with E-state index in [0.29, 0.717) is 22.0 Å². The first-order valence-corrected chi connectivity index (χ1v) is 9.77. The van der Waals surface area contributed by atoms with Gasteiger partial charge in [0, 0.05) is 21.9 Å². The number of aromatic nitrogens is 1. The molecule has 0 saturated carbocycles. The van der Waals surface area contributed by atoms with Crippen LogP contribution in [0.2, 0.25) is 5.02 Å². The first-order valence-electron chi connectivity index (χ1n) is 8.60. The molecule has 2 aromatic carbocycles. The van der Waals surface area contributed by atoms with Crippen LogP contribution < -0.4 is 10.6 Å². The van der Waals surface area contributed by atoms with E-state index in [0.717, 1.165) is 21.2 Å². The normalized spacial score (nSPS) is 10.5. The predicted molar refractivity (Wildman–Crippen MR) is 118 cm³/mol. The van der Waals surface area contributed by atoms with E-state index < -0.39 is 6.09 Å². The number of hydrogen-bond donors (Lipinski definition) is 3. The van der Waals surface area contributed by atoms with Gasteiger partial charge in [-0.1, -0.05) is 35.9 Å². The molecule has 3 rings (SSSR count). The molecular formula is C21H17BrClN3O3. The average Bonchev–Trinajstić information content (AvgIpc) is 2.67. The maximum Gasteiger partial charge on any atom is 0.409 e. The molecule has 0 unspecified atom stereocenters. The molecule has 0 aliphatic rings. The monoisotopic (exact) mass is 473 g/mol. The van der Waals surface area contributed by atoms with Gasteiger partial charge in [-0.15, -0.1) is 0 Å². The standard InChI is InChI=1S/C21H17BrClN3O3/c1-11-9-18(24-10-15(11)22)20(27)25-17-8-4-6-14(19(17)23)13-5-3-7-16(12(13)2)26-21(28)29/h3-10,26H,1-2H3,(H,25,27)(H,28,29). The van der Waals surface area contributed by atoms with Crippen molar-refractivity contribution in [3.8, 4) is 11.1 Å². The number of halogens is 2. The third kappa shape index (κ3) is 4.58. The molecule has 1 heterocycles. The number of nitrogens with zero attached hydrogens (tertiary/aromatic N) is 1. The van der Waals surface area contributed by atoms with Crippen LogP contribution in [0.3, 0.4) is 0 Å². The molecule has 0 saturated heterocycles. The van der Waals surface area contributed by atoms with E-state index in [1.807, 2.05) is 19.1 Å². The van der Waals surface area contributed by atoms with Crippen molar-refractivity contribution >= 4 is 50.9 Å². The first-order chi connectivity index (χ1) is 13.8. The highest BCUT2D eigenvalue weighted by atomic mass is 79.9. The lowest BCUT2D eigenvalue weighted by atomic mass is 9.98. The molecule has 0 aliphatic heterocycles. The third-order valence-corrected chi connectivity index (χ3v) is 5.63. The quantitative estimate of drug-likeness (QED) is 0.424. The van der Waals surface area contributed by atoms with Gasteiger partial charge in [-0.3, -0.25) is 10.1 Å². The molecule has 0 atom stereocenters. The molecule has 29 heavy (non-hydrogen) atoms. The lowest BCUT2D eigenvalue weighted by Gasteiger charge is -2.15. The fourth-order valence-electron chi connectivity index (χ4n) is 2.86. The van der Waals surface area contributed by atoms with Crippen molar-refractivity contribution in [1.29, 1.82) is 0 Å². The lowest BCUT2D eigenvalue weighted by molar-refractivity contribution is 0.102. The van der Waals surface area contributed by atoms with E-state index in [1.54, 1.807) is 43.5 Å². The van der Waals surface area contributed by atoms with E-state index in [4.69, 9.17) is 16.7 Å². The van der Waals surface area contributed by atoms with Gasteiger partial charge in [-0.25, -0.2) is 9.78 Å². The highest BCUT2D eigenvalue weighted by Gasteiger charge is 2.16. The summed E-state index contributed by atoms with van der Waals surface area (Å²) in [5.41, 5.74) is 4.23. The topological polar surface area (TPSA) is 91.3 Å². The number of pyridine rings is 1. The Labute approximate surface area is 181 Å². The molecule has 0 spiro atoms. The van der Waals surface area contributed by atoms with E-state index >= 15 is 0 Å². The summed E-state index contributed by atoms with van der Waals surface area (Å²) in [6.45, 7) is 3.67. The Morgan fingerprint density at radius 3 is 2.34 bits per heavy atom. The summed E-state index contributed by atoms with van der Waals surface area (Å²) in [7, 11) is 0. The fraction of sp³-hybridized carbons (Fsp3) is 0.0952. The summed E-state index contributed by atoms with van der Waals surface area (Å²) in [5.74, 6) is -0.377. The van der Waals surface area contributed by atoms with Crippen LogP contribution in [0.25, 0.3) is 11.1 Å². The summed E-state index contributed by atoms with van der Waals surface area (Å²) in [5, 5.41) is 14.5. The Morgan fingerprint density at radius 1 is 1.03 bits per heavy atom. The smallest absolute Gasteiger partial charge is 0.409 e. The summed E-state index contributed by atoms with van der Waals surface area (Å²) in [6.07, 6.45) is 0.432. The number of nitrogens with one attached hydrogen (secondary N) is 2. The summed E-state index contributed by atoms with van der Waals surface area (Å²) < 4.78 is 0.819. The molecule has 6 nitrogen and oxygen atoms in total. The predicted octanol–water partition coefficient (Wildman–Crippen LogP) is 6.12. The second-order valence-corrected chi connectivity index (χ2v) is 7.58. The van der Waals surface area contributed by atoms with Crippen LogP contribution >= 0.6 is 27.5 Å². The summed E-state index contributed by atoms with van der Waals surface area (Å²) >= 11 is 9.94. The number of aryl methyl sites for hydroxylation is 1. The lowest BCUT2D eigenvalue weighted by Crippen LogP contribution is -2.14. The van der Waals surface area contributed by atoms with Gasteiger partial charge in [0.15, 0.2) is 0 Å². The molecule has 8 heteroatoms. The number of anilines is 2. The van der Waals surface area contributed by atoms with E-state index in [2.05, 4.69) is 31.5 Å². The van der Waals surface area contributed by atoms with Gasteiger partial charge in [0.1, 0.15) is 5.69 Å². The fourth-order valence-corrected chi connectivity index (χ4v) is 3.36. The zero-order valence-electron chi connectivity index (χ0n) is 15.6. The summed E-state index contributed by atoms with van der Waals surface area (Å²) in [4.78, 5) is 27.7. The van der Waals surface area contributed by atoms with Gasteiger partial charge in [0.2, 0.25) is 0 Å². The van der Waals surface area contributed by atoms with Gasteiger partial charge in [0.05, 0.1) is 10.7 Å². The van der Waals surface area contributed by atoms with Crippen molar-refractivity contribution < 1.29 is 14.7 Å². The molecular weight excluding hydrogens is 458 g/mol. The molecule has 3 N–H and O–H groups in total. The number of carbonyl (C=O) groups is 2. The molecule has 2 amide bonds. The van der Waals surface area contributed by atoms with Crippen LogP contribution in [0.4, 0.5) is 16.2 Å². The van der Waals surface area contributed by atoms with Crippen LogP contribution in [0.5, 0.6) is 0 Å². The molecule has 0 aliphatic carbocycles. The number of rotatable bonds is 4. The molecule has 0 bridgehead atoms. The molecule has 0 fully saturated rings. The largest absolute Gasteiger partial charge is 0.465 e. The van der Waals surface area contributed by atoms with Gasteiger partial charge in [-0.05, 0) is 64.7 Å². The zero-order chi connectivity index (χ0) is 21.1. The number of amides is 2. The second kappa shape index (κ2) is 8.63. The highest BCUT2D eigenvalue weighted by molar-refractivity contribution is 9.10. The van der Waals surface area contributed by atoms with Crippen LogP contribution in [0.1, 0.15) is 21.6 Å². The Kier molecular flexibility index (Phi) is 6.20. The number of carboxylic acid groups (broad SMARTS) is 1. The van der Waals surface area contributed by atoms with Crippen LogP contribution in [-0.2, 0) is 0 Å². The molecule has 3 aromatic rings. The maximum absolute atomic E-state index is 12.6. The third-order valence-electron chi connectivity index (χ3n) is 4.39. The Hall–Kier alpha value is -2.90. The van der Waals surface area contributed by atoms with Crippen molar-refractivity contribution in [2.75, 3.05) is 10.6 Å². The average molecular weight is 475 g/mol. The highest BCUT2D eigenvalue weighted by Crippen LogP contribution is 2.37. The van der Waals surface area contributed by atoms with Crippen LogP contribution in [-0.4, -0.2) is 22.1 Å². The van der Waals surface area contributed by atoms with Gasteiger partial charge < -0.3 is 10.4 Å². The van der Waals surface area contributed by atoms with Crippen molar-refractivity contribution in [2.45, 2.75) is 13.8 Å². The van der Waals surface area contributed by atoms with Crippen molar-refractivity contribution in [1.82, 2.24) is 4.98 Å². The minimum absolute atomic E-state index is 0.274. The molecule has 1 aromatic heterocycles. The number of hydrogen-bond acceptors (Lipinski definition) is 3. The zero-order valence-corrected chi connectivity index (χ0v) is 17.9. The van der Waals surface area contributed by atoms with Crippen LogP contribution in [0, 0.1) is 13.8 Å².